The zero-order valence-corrected chi connectivity index (χ0v) is 22.9. The maximum atomic E-state index is 6.04. The molecule has 2 aliphatic carbocycles. The lowest BCUT2D eigenvalue weighted by atomic mass is 9.63. The number of aryl methyl sites for hydroxylation is 1. The smallest absolute Gasteiger partial charge is 0.186 e. The number of nitrogens with zero attached hydrogens (tertiary/aromatic N) is 3. The fourth-order valence-electron chi connectivity index (χ4n) is 6.40. The Balaban J connectivity index is 1.14. The third-order valence-corrected chi connectivity index (χ3v) is 9.73. The monoisotopic (exact) mass is 514 g/mol. The number of dihydropyridines is 1. The van der Waals surface area contributed by atoms with E-state index in [0.29, 0.717) is 11.3 Å². The van der Waals surface area contributed by atoms with E-state index in [4.69, 9.17) is 14.2 Å². The van der Waals surface area contributed by atoms with Gasteiger partial charge in [-0.05, 0) is 92.7 Å². The number of anilines is 1. The Labute approximate surface area is 222 Å². The Morgan fingerprint density at radius 3 is 2.65 bits per heavy atom. The molecule has 1 spiro atoms. The fraction of sp³-hybridized carbons (Fsp3) is 0.467. The topological polar surface area (TPSA) is 63.4 Å². The van der Waals surface area contributed by atoms with Crippen molar-refractivity contribution in [3.63, 3.8) is 0 Å². The highest BCUT2D eigenvalue weighted by atomic mass is 32.1. The van der Waals surface area contributed by atoms with E-state index in [2.05, 4.69) is 60.6 Å². The van der Waals surface area contributed by atoms with Gasteiger partial charge in [0.05, 0.1) is 17.3 Å². The van der Waals surface area contributed by atoms with Crippen LogP contribution in [0.1, 0.15) is 74.5 Å². The standard InChI is InChI=1S/C30H34N4O2S/c1-17-11-22(35-4)12-23-26(17)32-29(37-23)34-9-7-30(8-10-34)13-21(14-30)25-27(33-36-28(25)20-5-6-20)24-18(2)15-31-16-19(24)3/h11-13,15,20,31H,5-10,14,16H2,1-4H3. The van der Waals surface area contributed by atoms with Crippen molar-refractivity contribution in [2.45, 2.75) is 58.8 Å². The maximum absolute atomic E-state index is 6.04. The Hall–Kier alpha value is -3.06. The zero-order chi connectivity index (χ0) is 25.3. The average Bonchev–Trinajstić information content (AvgIpc) is 3.48. The highest BCUT2D eigenvalue weighted by Gasteiger charge is 2.44. The molecule has 2 fully saturated rings. The summed E-state index contributed by atoms with van der Waals surface area (Å²) < 4.78 is 12.7. The third-order valence-electron chi connectivity index (χ3n) is 8.67. The molecule has 6 nitrogen and oxygen atoms in total. The summed E-state index contributed by atoms with van der Waals surface area (Å²) in [7, 11) is 1.73. The molecule has 2 aromatic heterocycles. The first-order valence-electron chi connectivity index (χ1n) is 13.5. The van der Waals surface area contributed by atoms with E-state index in [9.17, 15) is 0 Å². The third kappa shape index (κ3) is 3.81. The summed E-state index contributed by atoms with van der Waals surface area (Å²) in [4.78, 5) is 7.49. The summed E-state index contributed by atoms with van der Waals surface area (Å²) in [5.74, 6) is 2.58. The van der Waals surface area contributed by atoms with Gasteiger partial charge in [0.15, 0.2) is 5.13 Å². The van der Waals surface area contributed by atoms with Crippen LogP contribution in [0.4, 0.5) is 5.13 Å². The van der Waals surface area contributed by atoms with Gasteiger partial charge < -0.3 is 19.5 Å². The molecule has 37 heavy (non-hydrogen) atoms. The minimum Gasteiger partial charge on any atom is -0.497 e. The van der Waals surface area contributed by atoms with Gasteiger partial charge in [0, 0.05) is 42.9 Å². The molecule has 0 radical (unpaired) electrons. The van der Waals surface area contributed by atoms with Crippen molar-refractivity contribution in [3.8, 4) is 5.75 Å². The second kappa shape index (κ2) is 8.48. The van der Waals surface area contributed by atoms with Crippen LogP contribution in [0.5, 0.6) is 5.75 Å². The summed E-state index contributed by atoms with van der Waals surface area (Å²) in [5, 5.41) is 9.18. The number of methoxy groups -OCH3 is 1. The Morgan fingerprint density at radius 2 is 1.95 bits per heavy atom. The number of thiazole rings is 1. The number of fused-ring (bicyclic) bond motifs is 1. The van der Waals surface area contributed by atoms with Crippen molar-refractivity contribution in [1.29, 1.82) is 0 Å². The second-order valence-electron chi connectivity index (χ2n) is 11.4. The zero-order valence-electron chi connectivity index (χ0n) is 22.1. The van der Waals surface area contributed by atoms with Crippen LogP contribution in [-0.4, -0.2) is 36.9 Å². The van der Waals surface area contributed by atoms with E-state index in [-0.39, 0.29) is 0 Å². The van der Waals surface area contributed by atoms with Gasteiger partial charge in [0.2, 0.25) is 0 Å². The average molecular weight is 515 g/mol. The molecular formula is C30H34N4O2S. The molecular weight excluding hydrogens is 480 g/mol. The molecule has 0 bridgehead atoms. The molecule has 0 atom stereocenters. The lowest BCUT2D eigenvalue weighted by molar-refractivity contribution is 0.277. The minimum absolute atomic E-state index is 0.291. The van der Waals surface area contributed by atoms with Crippen molar-refractivity contribution in [2.75, 3.05) is 31.6 Å². The number of rotatable bonds is 5. The van der Waals surface area contributed by atoms with Crippen molar-refractivity contribution in [1.82, 2.24) is 15.5 Å². The van der Waals surface area contributed by atoms with Gasteiger partial charge in [0.25, 0.3) is 0 Å². The molecule has 7 heteroatoms. The van der Waals surface area contributed by atoms with Crippen LogP contribution >= 0.6 is 11.3 Å². The molecule has 1 aromatic carbocycles. The molecule has 192 valence electrons. The first-order valence-corrected chi connectivity index (χ1v) is 14.3. The number of ether oxygens (including phenoxy) is 1. The first-order chi connectivity index (χ1) is 17.9. The summed E-state index contributed by atoms with van der Waals surface area (Å²) in [6.07, 6.45) is 10.6. The van der Waals surface area contributed by atoms with Gasteiger partial charge in [-0.1, -0.05) is 22.6 Å². The lowest BCUT2D eigenvalue weighted by Gasteiger charge is -2.46. The normalized spacial score (nSPS) is 21.1. The van der Waals surface area contributed by atoms with Gasteiger partial charge in [-0.2, -0.15) is 0 Å². The number of benzene rings is 1. The van der Waals surface area contributed by atoms with Gasteiger partial charge in [0.1, 0.15) is 17.2 Å². The molecule has 1 saturated heterocycles. The molecule has 2 aliphatic heterocycles. The van der Waals surface area contributed by atoms with Crippen LogP contribution in [0.3, 0.4) is 0 Å². The number of aromatic nitrogens is 2. The molecule has 0 amide bonds. The highest BCUT2D eigenvalue weighted by molar-refractivity contribution is 7.22. The molecule has 3 aromatic rings. The summed E-state index contributed by atoms with van der Waals surface area (Å²) in [6, 6.07) is 4.19. The van der Waals surface area contributed by atoms with Crippen LogP contribution in [0, 0.1) is 12.3 Å². The minimum atomic E-state index is 0.291. The first kappa shape index (κ1) is 23.1. The van der Waals surface area contributed by atoms with E-state index in [1.165, 1.54) is 63.8 Å². The summed E-state index contributed by atoms with van der Waals surface area (Å²) in [5.41, 5.74) is 10.2. The van der Waals surface area contributed by atoms with E-state index >= 15 is 0 Å². The molecule has 1 saturated carbocycles. The van der Waals surface area contributed by atoms with Crippen LogP contribution in [-0.2, 0) is 0 Å². The molecule has 0 unspecified atom stereocenters. The number of nitrogens with one attached hydrogen (secondary N) is 1. The van der Waals surface area contributed by atoms with Gasteiger partial charge in [-0.25, -0.2) is 4.98 Å². The van der Waals surface area contributed by atoms with Crippen molar-refractivity contribution < 1.29 is 9.26 Å². The van der Waals surface area contributed by atoms with Crippen LogP contribution in [0.2, 0.25) is 0 Å². The van der Waals surface area contributed by atoms with E-state index < -0.39 is 0 Å². The van der Waals surface area contributed by atoms with Crippen molar-refractivity contribution in [2.24, 2.45) is 5.41 Å². The molecule has 4 heterocycles. The fourth-order valence-corrected chi connectivity index (χ4v) is 7.53. The Morgan fingerprint density at radius 1 is 1.16 bits per heavy atom. The SMILES string of the molecule is COc1cc(C)c2nc(N3CCC4(C=C(c5c(C6=C(C)CNC=C6C)noc5C5CC5)C4)CC3)sc2c1. The number of piperidine rings is 1. The van der Waals surface area contributed by atoms with E-state index in [1.54, 1.807) is 18.4 Å². The van der Waals surface area contributed by atoms with E-state index in [1.807, 2.05) is 0 Å². The largest absolute Gasteiger partial charge is 0.497 e. The lowest BCUT2D eigenvalue weighted by Crippen LogP contribution is -2.42. The molecule has 1 N–H and O–H groups in total. The van der Waals surface area contributed by atoms with Crippen molar-refractivity contribution in [3.05, 3.63) is 58.1 Å². The summed E-state index contributed by atoms with van der Waals surface area (Å²) in [6.45, 7) is 9.46. The second-order valence-corrected chi connectivity index (χ2v) is 12.4. The summed E-state index contributed by atoms with van der Waals surface area (Å²) >= 11 is 1.79. The quantitative estimate of drug-likeness (QED) is 0.402. The maximum Gasteiger partial charge on any atom is 0.186 e. The van der Waals surface area contributed by atoms with Gasteiger partial charge >= 0.3 is 0 Å². The van der Waals surface area contributed by atoms with Crippen LogP contribution < -0.4 is 15.0 Å². The molecule has 7 rings (SSSR count). The Bertz CT molecular complexity index is 1500. The molecule has 4 aliphatic rings. The number of hydrogen-bond donors (Lipinski definition) is 1. The predicted octanol–water partition coefficient (Wildman–Crippen LogP) is 6.83. The van der Waals surface area contributed by atoms with Crippen LogP contribution in [0.25, 0.3) is 21.4 Å². The van der Waals surface area contributed by atoms with Gasteiger partial charge in [-0.15, -0.1) is 0 Å². The van der Waals surface area contributed by atoms with Crippen LogP contribution in [0.15, 0.2) is 40.1 Å². The van der Waals surface area contributed by atoms with Crippen molar-refractivity contribution >= 4 is 37.8 Å². The highest BCUT2D eigenvalue weighted by Crippen LogP contribution is 2.56. The predicted molar refractivity (Wildman–Crippen MR) is 150 cm³/mol. The number of hydrogen-bond acceptors (Lipinski definition) is 7. The number of allylic oxidation sites excluding steroid dienone is 4. The van der Waals surface area contributed by atoms with Gasteiger partial charge in [-0.3, -0.25) is 0 Å². The van der Waals surface area contributed by atoms with E-state index in [0.717, 1.165) is 53.9 Å². The Kier molecular flexibility index (Phi) is 5.29.